The first kappa shape index (κ1) is 9.52. The van der Waals surface area contributed by atoms with Crippen molar-refractivity contribution in [2.24, 2.45) is 0 Å². The number of hydrogen-bond donors (Lipinski definition) is 2. The number of aromatic amines is 1. The Morgan fingerprint density at radius 1 is 1.35 bits per heavy atom. The van der Waals surface area contributed by atoms with Gasteiger partial charge in [0.25, 0.3) is 5.56 Å². The average Bonchev–Trinajstić information content (AvgIpc) is 2.72. The van der Waals surface area contributed by atoms with Crippen molar-refractivity contribution in [2.45, 2.75) is 0 Å². The molecule has 0 saturated carbocycles. The van der Waals surface area contributed by atoms with Crippen molar-refractivity contribution in [3.63, 3.8) is 0 Å². The summed E-state index contributed by atoms with van der Waals surface area (Å²) in [6.07, 6.45) is 4.31. The Morgan fingerprint density at radius 3 is 3.06 bits per heavy atom. The highest BCUT2D eigenvalue weighted by Crippen LogP contribution is 2.27. The normalized spacial score (nSPS) is 10.8. The van der Waals surface area contributed by atoms with E-state index in [1.54, 1.807) is 6.07 Å². The first-order valence-electron chi connectivity index (χ1n) is 4.80. The maximum Gasteiger partial charge on any atom is 0.258 e. The van der Waals surface area contributed by atoms with Gasteiger partial charge in [-0.3, -0.25) is 4.79 Å². The highest BCUT2D eigenvalue weighted by Gasteiger charge is 2.14. The molecule has 3 rings (SSSR count). The molecule has 0 aliphatic heterocycles. The molecule has 0 unspecified atom stereocenters. The predicted octanol–water partition coefficient (Wildman–Crippen LogP) is 0.555. The lowest BCUT2D eigenvalue weighted by atomic mass is 10.1. The van der Waals surface area contributed by atoms with Crippen molar-refractivity contribution in [3.05, 3.63) is 35.1 Å². The van der Waals surface area contributed by atoms with E-state index in [-0.39, 0.29) is 11.4 Å². The highest BCUT2D eigenvalue weighted by atomic mass is 16.5. The molecule has 7 heteroatoms. The summed E-state index contributed by atoms with van der Waals surface area (Å²) in [5.41, 5.74) is 7.09. The van der Waals surface area contributed by atoms with Crippen molar-refractivity contribution >= 4 is 16.9 Å². The number of nitrogens with one attached hydrogen (secondary N) is 1. The molecule has 0 saturated heterocycles. The van der Waals surface area contributed by atoms with Crippen LogP contribution in [-0.4, -0.2) is 20.1 Å². The van der Waals surface area contributed by atoms with Gasteiger partial charge in [0, 0.05) is 18.0 Å². The minimum Gasteiger partial charge on any atom is -0.379 e. The molecule has 3 heterocycles. The SMILES string of the molecule is Nc1noc2c(-c3cnc[nH]c3=O)ccnc12. The minimum absolute atomic E-state index is 0.196. The molecule has 84 valence electrons. The molecule has 3 N–H and O–H groups in total. The van der Waals surface area contributed by atoms with Crippen LogP contribution in [0.15, 0.2) is 34.1 Å². The second-order valence-electron chi connectivity index (χ2n) is 3.40. The number of nitrogens with two attached hydrogens (primary N) is 1. The van der Waals surface area contributed by atoms with Gasteiger partial charge in [-0.2, -0.15) is 0 Å². The lowest BCUT2D eigenvalue weighted by Crippen LogP contribution is -2.08. The Hall–Kier alpha value is -2.70. The number of rotatable bonds is 1. The summed E-state index contributed by atoms with van der Waals surface area (Å²) in [6, 6.07) is 1.65. The summed E-state index contributed by atoms with van der Waals surface area (Å²) in [5, 5.41) is 3.62. The van der Waals surface area contributed by atoms with Crippen LogP contribution < -0.4 is 11.3 Å². The van der Waals surface area contributed by atoms with Gasteiger partial charge in [-0.15, -0.1) is 0 Å². The zero-order valence-corrected chi connectivity index (χ0v) is 8.54. The van der Waals surface area contributed by atoms with Crippen LogP contribution in [-0.2, 0) is 0 Å². The number of nitrogens with zero attached hydrogens (tertiary/aromatic N) is 3. The molecule has 0 spiro atoms. The second-order valence-corrected chi connectivity index (χ2v) is 3.40. The first-order chi connectivity index (χ1) is 8.27. The third-order valence-electron chi connectivity index (χ3n) is 2.39. The number of anilines is 1. The Balaban J connectivity index is 2.39. The summed E-state index contributed by atoms with van der Waals surface area (Å²) in [7, 11) is 0. The molecular formula is C10H7N5O2. The molecule has 0 aliphatic carbocycles. The number of fused-ring (bicyclic) bond motifs is 1. The maximum atomic E-state index is 11.7. The fourth-order valence-corrected chi connectivity index (χ4v) is 1.61. The van der Waals surface area contributed by atoms with Crippen molar-refractivity contribution in [1.82, 2.24) is 20.1 Å². The van der Waals surface area contributed by atoms with Gasteiger partial charge >= 0.3 is 0 Å². The molecule has 3 aromatic heterocycles. The van der Waals surface area contributed by atoms with E-state index in [9.17, 15) is 4.79 Å². The molecule has 0 radical (unpaired) electrons. The lowest BCUT2D eigenvalue weighted by molar-refractivity contribution is 0.461. The highest BCUT2D eigenvalue weighted by molar-refractivity contribution is 5.94. The van der Waals surface area contributed by atoms with Crippen LogP contribution in [0.4, 0.5) is 5.82 Å². The van der Waals surface area contributed by atoms with Gasteiger partial charge in [0.1, 0.15) is 0 Å². The van der Waals surface area contributed by atoms with Gasteiger partial charge in [0.05, 0.1) is 11.9 Å². The Bertz CT molecular complexity index is 746. The van der Waals surface area contributed by atoms with Gasteiger partial charge in [-0.1, -0.05) is 5.16 Å². The van der Waals surface area contributed by atoms with E-state index in [4.69, 9.17) is 10.3 Å². The topological polar surface area (TPSA) is 111 Å². The van der Waals surface area contributed by atoms with Gasteiger partial charge in [0.15, 0.2) is 16.9 Å². The fraction of sp³-hybridized carbons (Fsp3) is 0. The first-order valence-corrected chi connectivity index (χ1v) is 4.80. The summed E-state index contributed by atoms with van der Waals surface area (Å²) in [5.74, 6) is 0.196. The van der Waals surface area contributed by atoms with Crippen molar-refractivity contribution < 1.29 is 4.52 Å². The van der Waals surface area contributed by atoms with Crippen LogP contribution in [0.5, 0.6) is 0 Å². The minimum atomic E-state index is -0.262. The number of hydrogen-bond acceptors (Lipinski definition) is 6. The Morgan fingerprint density at radius 2 is 2.24 bits per heavy atom. The quantitative estimate of drug-likeness (QED) is 0.630. The fourth-order valence-electron chi connectivity index (χ4n) is 1.61. The monoisotopic (exact) mass is 229 g/mol. The van der Waals surface area contributed by atoms with Crippen LogP contribution in [0, 0.1) is 0 Å². The van der Waals surface area contributed by atoms with E-state index in [2.05, 4.69) is 20.1 Å². The zero-order valence-electron chi connectivity index (χ0n) is 8.54. The molecule has 0 aliphatic rings. The summed E-state index contributed by atoms with van der Waals surface area (Å²) in [4.78, 5) is 22.1. The molecule has 0 amide bonds. The summed E-state index contributed by atoms with van der Waals surface area (Å²) >= 11 is 0. The van der Waals surface area contributed by atoms with E-state index in [1.807, 2.05) is 0 Å². The number of pyridine rings is 1. The standard InChI is InChI=1S/C10H7N5O2/c11-9-7-8(17-15-9)5(1-2-13-7)6-3-12-4-14-10(6)16/h1-4H,(H2,11,15)(H,12,14,16). The molecule has 0 atom stereocenters. The van der Waals surface area contributed by atoms with Gasteiger partial charge in [0.2, 0.25) is 0 Å². The van der Waals surface area contributed by atoms with Gasteiger partial charge in [-0.05, 0) is 6.07 Å². The van der Waals surface area contributed by atoms with E-state index in [1.165, 1.54) is 18.7 Å². The third kappa shape index (κ3) is 1.36. The van der Waals surface area contributed by atoms with E-state index < -0.39 is 0 Å². The number of nitrogen functional groups attached to an aromatic ring is 1. The molecule has 0 bridgehead atoms. The molecule has 0 aromatic carbocycles. The van der Waals surface area contributed by atoms with E-state index in [0.29, 0.717) is 22.2 Å². The third-order valence-corrected chi connectivity index (χ3v) is 2.39. The predicted molar refractivity (Wildman–Crippen MR) is 60.1 cm³/mol. The van der Waals surface area contributed by atoms with Crippen LogP contribution >= 0.6 is 0 Å². The number of H-pyrrole nitrogens is 1. The zero-order chi connectivity index (χ0) is 11.8. The van der Waals surface area contributed by atoms with E-state index >= 15 is 0 Å². The Labute approximate surface area is 94.3 Å². The van der Waals surface area contributed by atoms with Crippen molar-refractivity contribution in [2.75, 3.05) is 5.73 Å². The molecule has 17 heavy (non-hydrogen) atoms. The van der Waals surface area contributed by atoms with Crippen LogP contribution in [0.2, 0.25) is 0 Å². The van der Waals surface area contributed by atoms with E-state index in [0.717, 1.165) is 0 Å². The van der Waals surface area contributed by atoms with Crippen molar-refractivity contribution in [1.29, 1.82) is 0 Å². The van der Waals surface area contributed by atoms with Gasteiger partial charge in [-0.25, -0.2) is 9.97 Å². The van der Waals surface area contributed by atoms with Crippen molar-refractivity contribution in [3.8, 4) is 11.1 Å². The average molecular weight is 229 g/mol. The summed E-state index contributed by atoms with van der Waals surface area (Å²) < 4.78 is 5.07. The van der Waals surface area contributed by atoms with Gasteiger partial charge < -0.3 is 15.2 Å². The van der Waals surface area contributed by atoms with Crippen LogP contribution in [0.1, 0.15) is 0 Å². The largest absolute Gasteiger partial charge is 0.379 e. The summed E-state index contributed by atoms with van der Waals surface area (Å²) in [6.45, 7) is 0. The number of aromatic nitrogens is 4. The Kier molecular flexibility index (Phi) is 1.91. The molecule has 0 fully saturated rings. The molecular weight excluding hydrogens is 222 g/mol. The molecule has 3 aromatic rings. The van der Waals surface area contributed by atoms with Crippen LogP contribution in [0.25, 0.3) is 22.2 Å². The van der Waals surface area contributed by atoms with Crippen LogP contribution in [0.3, 0.4) is 0 Å². The molecule has 7 nitrogen and oxygen atoms in total. The maximum absolute atomic E-state index is 11.7. The second kappa shape index (κ2) is 3.41. The lowest BCUT2D eigenvalue weighted by Gasteiger charge is -1.98. The smallest absolute Gasteiger partial charge is 0.258 e.